The number of benzene rings is 2. The lowest BCUT2D eigenvalue weighted by molar-refractivity contribution is -0.118. The predicted octanol–water partition coefficient (Wildman–Crippen LogP) is 5.14. The largest absolute Gasteiger partial charge is 0.497 e. The summed E-state index contributed by atoms with van der Waals surface area (Å²) in [6.07, 6.45) is 0. The van der Waals surface area contributed by atoms with E-state index in [1.165, 1.54) is 11.8 Å². The highest BCUT2D eigenvalue weighted by Gasteiger charge is 2.06. The number of carbonyl (C=O) groups excluding carboxylic acids is 1. The highest BCUT2D eigenvalue weighted by atomic mass is 35.5. The summed E-state index contributed by atoms with van der Waals surface area (Å²) >= 11 is 15.5. The third kappa shape index (κ3) is 7.02. The smallest absolute Gasteiger partial charge is 0.230 e. The molecule has 0 bridgehead atoms. The van der Waals surface area contributed by atoms with Gasteiger partial charge in [-0.05, 0) is 42.0 Å². The van der Waals surface area contributed by atoms with Gasteiger partial charge < -0.3 is 10.1 Å². The van der Waals surface area contributed by atoms with Gasteiger partial charge in [0.25, 0.3) is 0 Å². The molecule has 0 saturated heterocycles. The van der Waals surface area contributed by atoms with Crippen LogP contribution in [-0.4, -0.2) is 31.1 Å². The van der Waals surface area contributed by atoms with Crippen molar-refractivity contribution in [3.05, 3.63) is 58.1 Å². The van der Waals surface area contributed by atoms with Crippen molar-refractivity contribution in [1.29, 1.82) is 0 Å². The molecule has 0 aliphatic heterocycles. The fourth-order valence-corrected chi connectivity index (χ4v) is 4.30. The van der Waals surface area contributed by atoms with Crippen LogP contribution in [0.5, 0.6) is 5.75 Å². The average Bonchev–Trinajstić information content (AvgIpc) is 2.62. The van der Waals surface area contributed by atoms with Crippen molar-refractivity contribution in [3.8, 4) is 5.75 Å². The number of thioether (sulfide) groups is 2. The zero-order chi connectivity index (χ0) is 18.1. The van der Waals surface area contributed by atoms with E-state index in [9.17, 15) is 4.79 Å². The molecule has 0 heterocycles. The first-order valence-corrected chi connectivity index (χ1v) is 10.5. The fraction of sp³-hybridized carbons (Fsp3) is 0.278. The minimum absolute atomic E-state index is 0.0252. The molecule has 0 unspecified atom stereocenters. The Morgan fingerprint density at radius 1 is 1.12 bits per heavy atom. The zero-order valence-corrected chi connectivity index (χ0v) is 16.9. The highest BCUT2D eigenvalue weighted by Crippen LogP contribution is 2.28. The third-order valence-electron chi connectivity index (χ3n) is 3.31. The number of amides is 1. The van der Waals surface area contributed by atoms with E-state index in [1.54, 1.807) is 18.9 Å². The molecule has 2 aromatic rings. The molecule has 134 valence electrons. The molecule has 0 aromatic heterocycles. The second-order valence-corrected chi connectivity index (χ2v) is 8.04. The van der Waals surface area contributed by atoms with Crippen molar-refractivity contribution in [2.45, 2.75) is 10.6 Å². The van der Waals surface area contributed by atoms with Gasteiger partial charge in [-0.15, -0.1) is 11.8 Å². The van der Waals surface area contributed by atoms with Gasteiger partial charge in [0, 0.05) is 33.0 Å². The van der Waals surface area contributed by atoms with Crippen LogP contribution in [-0.2, 0) is 10.5 Å². The summed E-state index contributed by atoms with van der Waals surface area (Å²) in [6.45, 7) is 0.620. The molecule has 0 fully saturated rings. The van der Waals surface area contributed by atoms with E-state index >= 15 is 0 Å². The van der Waals surface area contributed by atoms with Gasteiger partial charge in [-0.1, -0.05) is 29.3 Å². The maximum atomic E-state index is 11.9. The summed E-state index contributed by atoms with van der Waals surface area (Å²) in [5.74, 6) is 2.77. The van der Waals surface area contributed by atoms with Crippen LogP contribution in [0.1, 0.15) is 5.56 Å². The first kappa shape index (κ1) is 20.3. The van der Waals surface area contributed by atoms with Gasteiger partial charge in [-0.2, -0.15) is 11.8 Å². The van der Waals surface area contributed by atoms with Crippen molar-refractivity contribution in [2.24, 2.45) is 0 Å². The second-order valence-electron chi connectivity index (χ2n) is 5.07. The van der Waals surface area contributed by atoms with Crippen LogP contribution in [0.3, 0.4) is 0 Å². The lowest BCUT2D eigenvalue weighted by Crippen LogP contribution is -2.27. The van der Waals surface area contributed by atoms with Crippen LogP contribution >= 0.6 is 46.7 Å². The molecule has 25 heavy (non-hydrogen) atoms. The van der Waals surface area contributed by atoms with Gasteiger partial charge in [-0.3, -0.25) is 4.79 Å². The maximum absolute atomic E-state index is 11.9. The molecule has 0 aliphatic carbocycles. The van der Waals surface area contributed by atoms with E-state index in [1.807, 2.05) is 42.5 Å². The Balaban J connectivity index is 1.62. The number of nitrogens with one attached hydrogen (secondary N) is 1. The Morgan fingerprint density at radius 3 is 2.44 bits per heavy atom. The number of rotatable bonds is 9. The molecule has 0 atom stereocenters. The topological polar surface area (TPSA) is 38.3 Å². The molecule has 2 aromatic carbocycles. The van der Waals surface area contributed by atoms with Crippen molar-refractivity contribution < 1.29 is 9.53 Å². The van der Waals surface area contributed by atoms with E-state index in [2.05, 4.69) is 5.32 Å². The molecule has 2 rings (SSSR count). The number of hydrogen-bond donors (Lipinski definition) is 1. The summed E-state index contributed by atoms with van der Waals surface area (Å²) in [6, 6.07) is 13.2. The van der Waals surface area contributed by atoms with Crippen LogP contribution in [0.4, 0.5) is 0 Å². The summed E-state index contributed by atoms with van der Waals surface area (Å²) < 4.78 is 5.11. The van der Waals surface area contributed by atoms with E-state index in [0.717, 1.165) is 27.7 Å². The number of ether oxygens (including phenoxy) is 1. The van der Waals surface area contributed by atoms with Crippen LogP contribution in [0, 0.1) is 0 Å². The Kier molecular flexibility index (Phi) is 8.82. The summed E-state index contributed by atoms with van der Waals surface area (Å²) in [4.78, 5) is 12.9. The van der Waals surface area contributed by atoms with E-state index in [-0.39, 0.29) is 5.91 Å². The molecule has 0 radical (unpaired) electrons. The van der Waals surface area contributed by atoms with Crippen molar-refractivity contribution >= 4 is 52.6 Å². The average molecular weight is 416 g/mol. The van der Waals surface area contributed by atoms with Gasteiger partial charge in [0.1, 0.15) is 5.75 Å². The number of halogens is 2. The minimum Gasteiger partial charge on any atom is -0.497 e. The van der Waals surface area contributed by atoms with Crippen LogP contribution in [0.25, 0.3) is 0 Å². The molecule has 1 N–H and O–H groups in total. The Hall–Kier alpha value is -1.01. The third-order valence-corrected chi connectivity index (χ3v) is 6.01. The van der Waals surface area contributed by atoms with E-state index < -0.39 is 0 Å². The van der Waals surface area contributed by atoms with Gasteiger partial charge in [0.05, 0.1) is 12.9 Å². The van der Waals surface area contributed by atoms with Crippen LogP contribution in [0.15, 0.2) is 47.4 Å². The molecule has 7 heteroatoms. The summed E-state index contributed by atoms with van der Waals surface area (Å²) in [5, 5.41) is 4.28. The fourth-order valence-electron chi connectivity index (χ4n) is 1.98. The predicted molar refractivity (Wildman–Crippen MR) is 109 cm³/mol. The Labute approximate surface area is 166 Å². The molecule has 0 saturated carbocycles. The van der Waals surface area contributed by atoms with Crippen molar-refractivity contribution in [3.63, 3.8) is 0 Å². The monoisotopic (exact) mass is 415 g/mol. The number of carbonyl (C=O) groups is 1. The number of methoxy groups -OCH3 is 1. The van der Waals surface area contributed by atoms with Crippen molar-refractivity contribution in [2.75, 3.05) is 25.2 Å². The van der Waals surface area contributed by atoms with E-state index in [4.69, 9.17) is 27.9 Å². The van der Waals surface area contributed by atoms with Gasteiger partial charge in [0.2, 0.25) is 5.91 Å². The standard InChI is InChI=1S/C18H19Cl2NO2S2/c1-23-13-5-7-14(8-6-13)25-12-18(22)21-9-10-24-11-15-16(19)3-2-4-17(15)20/h2-8H,9-12H2,1H3,(H,21,22). The molecule has 0 spiro atoms. The van der Waals surface area contributed by atoms with Crippen LogP contribution in [0.2, 0.25) is 10.0 Å². The SMILES string of the molecule is COc1ccc(SCC(=O)NCCSCc2c(Cl)cccc2Cl)cc1. The molecule has 1 amide bonds. The first-order chi connectivity index (χ1) is 12.1. The summed E-state index contributed by atoms with van der Waals surface area (Å²) in [5.41, 5.74) is 0.942. The molecule has 0 aliphatic rings. The Bertz CT molecular complexity index is 676. The zero-order valence-electron chi connectivity index (χ0n) is 13.8. The summed E-state index contributed by atoms with van der Waals surface area (Å²) in [7, 11) is 1.63. The Morgan fingerprint density at radius 2 is 1.80 bits per heavy atom. The molecule has 3 nitrogen and oxygen atoms in total. The highest BCUT2D eigenvalue weighted by molar-refractivity contribution is 8.00. The first-order valence-electron chi connectivity index (χ1n) is 7.64. The maximum Gasteiger partial charge on any atom is 0.230 e. The van der Waals surface area contributed by atoms with E-state index in [0.29, 0.717) is 22.3 Å². The van der Waals surface area contributed by atoms with Gasteiger partial charge in [0.15, 0.2) is 0 Å². The normalized spacial score (nSPS) is 10.5. The molecular weight excluding hydrogens is 397 g/mol. The van der Waals surface area contributed by atoms with Gasteiger partial charge in [-0.25, -0.2) is 0 Å². The number of hydrogen-bond acceptors (Lipinski definition) is 4. The van der Waals surface area contributed by atoms with Crippen LogP contribution < -0.4 is 10.1 Å². The van der Waals surface area contributed by atoms with Crippen molar-refractivity contribution in [1.82, 2.24) is 5.32 Å². The lowest BCUT2D eigenvalue weighted by atomic mass is 10.2. The second kappa shape index (κ2) is 10.9. The quantitative estimate of drug-likeness (QED) is 0.454. The minimum atomic E-state index is 0.0252. The molecular formula is C18H19Cl2NO2S2. The lowest BCUT2D eigenvalue weighted by Gasteiger charge is -2.08. The van der Waals surface area contributed by atoms with Gasteiger partial charge >= 0.3 is 0 Å².